The molecule has 3 heteroatoms. The molecule has 1 aromatic rings. The Labute approximate surface area is 187 Å². The van der Waals surface area contributed by atoms with Gasteiger partial charge in [-0.3, -0.25) is 4.79 Å². The molecule has 0 spiro atoms. The summed E-state index contributed by atoms with van der Waals surface area (Å²) in [4.78, 5) is 13.6. The Morgan fingerprint density at radius 1 is 1.03 bits per heavy atom. The quantitative estimate of drug-likeness (QED) is 0.521. The minimum Gasteiger partial charge on any atom is -0.325 e. The molecule has 4 fully saturated rings. The number of hydrogen-bond donors (Lipinski definition) is 1. The lowest BCUT2D eigenvalue weighted by Crippen LogP contribution is -2.61. The summed E-state index contributed by atoms with van der Waals surface area (Å²) in [5.74, 6) is 4.19. The van der Waals surface area contributed by atoms with E-state index in [1.807, 2.05) is 24.3 Å². The van der Waals surface area contributed by atoms with Crippen LogP contribution in [0.25, 0.3) is 0 Å². The van der Waals surface area contributed by atoms with E-state index in [4.69, 9.17) is 17.3 Å². The third-order valence-corrected chi connectivity index (χ3v) is 10.4. The maximum absolute atomic E-state index is 13.6. The van der Waals surface area contributed by atoms with Gasteiger partial charge < -0.3 is 5.73 Å². The van der Waals surface area contributed by atoms with Crippen LogP contribution in [0.4, 0.5) is 0 Å². The first-order valence-electron chi connectivity index (χ1n) is 12.4. The summed E-state index contributed by atoms with van der Waals surface area (Å²) in [5.41, 5.74) is 8.26. The van der Waals surface area contributed by atoms with E-state index in [9.17, 15) is 4.79 Å². The number of Topliss-reactive ketones (excluding diaryl/α,β-unsaturated/α-hetero) is 1. The molecule has 0 saturated heterocycles. The van der Waals surface area contributed by atoms with Crippen LogP contribution in [0.5, 0.6) is 0 Å². The van der Waals surface area contributed by atoms with Crippen molar-refractivity contribution in [3.8, 4) is 0 Å². The van der Waals surface area contributed by atoms with Crippen molar-refractivity contribution in [2.45, 2.75) is 83.6 Å². The molecule has 0 bridgehead atoms. The van der Waals surface area contributed by atoms with Gasteiger partial charge in [-0.15, -0.1) is 0 Å². The molecule has 0 radical (unpaired) electrons. The van der Waals surface area contributed by atoms with E-state index in [0.717, 1.165) is 42.6 Å². The summed E-state index contributed by atoms with van der Waals surface area (Å²) in [6.45, 7) is 4.85. The fourth-order valence-electron chi connectivity index (χ4n) is 8.73. The van der Waals surface area contributed by atoms with Crippen molar-refractivity contribution in [3.05, 3.63) is 34.9 Å². The van der Waals surface area contributed by atoms with Crippen molar-refractivity contribution in [1.82, 2.24) is 0 Å². The lowest BCUT2D eigenvalue weighted by atomic mass is 9.51. The second-order valence-electron chi connectivity index (χ2n) is 11.6. The van der Waals surface area contributed by atoms with Gasteiger partial charge in [0.2, 0.25) is 0 Å². The van der Waals surface area contributed by atoms with Crippen LogP contribution in [-0.2, 0) is 0 Å². The molecule has 4 aliphatic rings. The van der Waals surface area contributed by atoms with Crippen LogP contribution < -0.4 is 5.73 Å². The van der Waals surface area contributed by atoms with Gasteiger partial charge in [-0.05, 0) is 111 Å². The summed E-state index contributed by atoms with van der Waals surface area (Å²) in [6.07, 6.45) is 12.5. The van der Waals surface area contributed by atoms with Gasteiger partial charge in [0.15, 0.2) is 5.78 Å². The van der Waals surface area contributed by atoms with Gasteiger partial charge in [0.05, 0.1) is 0 Å². The smallest absolute Gasteiger partial charge is 0.166 e. The third-order valence-electron chi connectivity index (χ3n) is 10.1. The molecular formula is C27H38ClNO. The molecule has 4 aliphatic carbocycles. The average Bonchev–Trinajstić information content (AvgIpc) is 3.02. The maximum Gasteiger partial charge on any atom is 0.166 e. The van der Waals surface area contributed by atoms with E-state index in [0.29, 0.717) is 22.6 Å². The molecule has 1 aromatic carbocycles. The zero-order chi connectivity index (χ0) is 21.1. The van der Waals surface area contributed by atoms with Gasteiger partial charge >= 0.3 is 0 Å². The molecular weight excluding hydrogens is 390 g/mol. The van der Waals surface area contributed by atoms with Crippen LogP contribution in [0.1, 0.15) is 88.4 Å². The molecule has 0 amide bonds. The fraction of sp³-hybridized carbons (Fsp3) is 0.741. The van der Waals surface area contributed by atoms with Gasteiger partial charge in [-0.1, -0.05) is 38.3 Å². The van der Waals surface area contributed by atoms with Crippen LogP contribution >= 0.6 is 11.6 Å². The largest absolute Gasteiger partial charge is 0.325 e. The minimum atomic E-state index is -0.0674. The predicted molar refractivity (Wildman–Crippen MR) is 124 cm³/mol. The molecule has 2 N–H and O–H groups in total. The van der Waals surface area contributed by atoms with Crippen LogP contribution in [-0.4, -0.2) is 11.3 Å². The summed E-state index contributed by atoms with van der Waals surface area (Å²) >= 11 is 6.07. The zero-order valence-corrected chi connectivity index (χ0v) is 19.5. The Kier molecular flexibility index (Phi) is 5.34. The van der Waals surface area contributed by atoms with Gasteiger partial charge in [-0.2, -0.15) is 0 Å². The number of carbonyl (C=O) groups is 1. The highest BCUT2D eigenvalue weighted by Gasteiger charge is 2.61. The van der Waals surface area contributed by atoms with E-state index >= 15 is 0 Å². The fourth-order valence-corrected chi connectivity index (χ4v) is 8.86. The Morgan fingerprint density at radius 2 is 1.80 bits per heavy atom. The molecule has 0 aliphatic heterocycles. The Hall–Kier alpha value is -0.860. The first-order valence-corrected chi connectivity index (χ1v) is 12.8. The van der Waals surface area contributed by atoms with Crippen LogP contribution in [0.3, 0.4) is 0 Å². The number of nitrogens with two attached hydrogens (primary N) is 1. The highest BCUT2D eigenvalue weighted by Crippen LogP contribution is 2.63. The second kappa shape index (κ2) is 7.62. The predicted octanol–water partition coefficient (Wildman–Crippen LogP) is 6.90. The van der Waals surface area contributed by atoms with Crippen molar-refractivity contribution in [1.29, 1.82) is 0 Å². The normalized spacial score (nSPS) is 45.7. The minimum absolute atomic E-state index is 0.0367. The van der Waals surface area contributed by atoms with E-state index in [1.165, 1.54) is 44.9 Å². The zero-order valence-electron chi connectivity index (χ0n) is 18.7. The molecule has 0 heterocycles. The number of halogens is 1. The van der Waals surface area contributed by atoms with Gasteiger partial charge in [0, 0.05) is 22.0 Å². The summed E-state index contributed by atoms with van der Waals surface area (Å²) < 4.78 is 0. The number of rotatable bonds is 2. The Morgan fingerprint density at radius 3 is 2.57 bits per heavy atom. The highest BCUT2D eigenvalue weighted by molar-refractivity contribution is 6.30. The molecule has 30 heavy (non-hydrogen) atoms. The maximum atomic E-state index is 13.6. The standard InChI is InChI=1S/C27H38ClNO/c1-17-5-10-21-19(16-17)13-15-27(29)22(21)4-3-14-26(2)23(11-12-24(26)27)25(30)18-6-8-20(28)9-7-18/h6-9,17,19,21-24H,3-5,10-16,29H2,1-2H3/t17-,19?,21-,22?,23+,24?,26+,27-/m0/s1. The SMILES string of the molecule is C[C@H]1CC[C@H]2C(CC[C@]3(N)C2CCC[C@@]2(C)C3CC[C@@H]2C(=O)c2ccc(Cl)cc2)C1. The Balaban J connectivity index is 1.44. The molecule has 8 atom stereocenters. The number of benzene rings is 1. The second-order valence-corrected chi connectivity index (χ2v) is 12.0. The number of hydrogen-bond acceptors (Lipinski definition) is 2. The van der Waals surface area contributed by atoms with Gasteiger partial charge in [-0.25, -0.2) is 0 Å². The van der Waals surface area contributed by atoms with E-state index < -0.39 is 0 Å². The monoisotopic (exact) mass is 427 g/mol. The van der Waals surface area contributed by atoms with Crippen molar-refractivity contribution in [2.24, 2.45) is 46.7 Å². The van der Waals surface area contributed by atoms with Gasteiger partial charge in [0.1, 0.15) is 0 Å². The summed E-state index contributed by atoms with van der Waals surface area (Å²) in [7, 11) is 0. The van der Waals surface area contributed by atoms with E-state index in [1.54, 1.807) is 0 Å². The molecule has 0 aromatic heterocycles. The summed E-state index contributed by atoms with van der Waals surface area (Å²) in [5, 5.41) is 0.693. The van der Waals surface area contributed by atoms with Crippen LogP contribution in [0.2, 0.25) is 5.02 Å². The van der Waals surface area contributed by atoms with Crippen LogP contribution in [0.15, 0.2) is 24.3 Å². The molecule has 3 unspecified atom stereocenters. The van der Waals surface area contributed by atoms with Crippen molar-refractivity contribution >= 4 is 17.4 Å². The Bertz CT molecular complexity index is 806. The molecule has 5 rings (SSSR count). The van der Waals surface area contributed by atoms with Crippen molar-refractivity contribution < 1.29 is 4.79 Å². The highest BCUT2D eigenvalue weighted by atomic mass is 35.5. The van der Waals surface area contributed by atoms with Crippen molar-refractivity contribution in [3.63, 3.8) is 0 Å². The first-order chi connectivity index (χ1) is 14.3. The molecule has 4 saturated carbocycles. The van der Waals surface area contributed by atoms with Crippen molar-refractivity contribution in [2.75, 3.05) is 0 Å². The van der Waals surface area contributed by atoms with Gasteiger partial charge in [0.25, 0.3) is 0 Å². The lowest BCUT2D eigenvalue weighted by Gasteiger charge is -2.56. The number of ketones is 1. The molecule has 164 valence electrons. The van der Waals surface area contributed by atoms with Crippen LogP contribution in [0, 0.1) is 40.9 Å². The third kappa shape index (κ3) is 3.20. The van der Waals surface area contributed by atoms with E-state index in [2.05, 4.69) is 13.8 Å². The summed E-state index contributed by atoms with van der Waals surface area (Å²) in [6, 6.07) is 7.52. The number of fused-ring (bicyclic) bond motifs is 5. The first kappa shape index (κ1) is 21.0. The average molecular weight is 428 g/mol. The van der Waals surface area contributed by atoms with E-state index in [-0.39, 0.29) is 16.9 Å². The topological polar surface area (TPSA) is 43.1 Å². The molecule has 2 nitrogen and oxygen atoms in total. The number of carbonyl (C=O) groups excluding carboxylic acids is 1. The lowest BCUT2D eigenvalue weighted by molar-refractivity contribution is -0.0277.